The second-order valence-corrected chi connectivity index (χ2v) is 10.7. The van der Waals surface area contributed by atoms with E-state index in [2.05, 4.69) is 74.5 Å². The van der Waals surface area contributed by atoms with Gasteiger partial charge in [0.1, 0.15) is 5.75 Å². The van der Waals surface area contributed by atoms with Crippen molar-refractivity contribution >= 4 is 6.08 Å². The van der Waals surface area contributed by atoms with Crippen LogP contribution in [0, 0.1) is 23.7 Å². The first-order valence-electron chi connectivity index (χ1n) is 12.9. The summed E-state index contributed by atoms with van der Waals surface area (Å²) >= 11 is 0. The van der Waals surface area contributed by atoms with Gasteiger partial charge in [0.2, 0.25) is 6.29 Å². The van der Waals surface area contributed by atoms with Crippen LogP contribution in [0.15, 0.2) is 54.6 Å². The molecule has 2 heteroatoms. The van der Waals surface area contributed by atoms with Gasteiger partial charge in [-0.3, -0.25) is 0 Å². The Morgan fingerprint density at radius 3 is 2.59 bits per heavy atom. The van der Waals surface area contributed by atoms with Gasteiger partial charge in [0.05, 0.1) is 12.0 Å². The van der Waals surface area contributed by atoms with Crippen LogP contribution in [-0.4, -0.2) is 12.4 Å². The zero-order chi connectivity index (χ0) is 21.7. The van der Waals surface area contributed by atoms with Crippen LogP contribution in [0.1, 0.15) is 80.9 Å². The van der Waals surface area contributed by atoms with Crippen molar-refractivity contribution in [2.45, 2.75) is 76.6 Å². The molecule has 0 saturated heterocycles. The van der Waals surface area contributed by atoms with E-state index in [0.717, 1.165) is 35.8 Å². The Bertz CT molecular complexity index is 977. The SMILES string of the molecule is CCC(C)c1ccc(OC(OC2CC3CC2C2CCCC32)C2C=Cc3ccccc32)cc1. The third kappa shape index (κ3) is 3.52. The van der Waals surface area contributed by atoms with E-state index >= 15 is 0 Å². The molecular formula is C30H36O2. The third-order valence-electron chi connectivity index (χ3n) is 9.12. The van der Waals surface area contributed by atoms with Crippen molar-refractivity contribution in [3.05, 3.63) is 71.3 Å². The summed E-state index contributed by atoms with van der Waals surface area (Å²) in [7, 11) is 0. The summed E-state index contributed by atoms with van der Waals surface area (Å²) in [4.78, 5) is 0. The van der Waals surface area contributed by atoms with Gasteiger partial charge in [-0.25, -0.2) is 0 Å². The van der Waals surface area contributed by atoms with Crippen molar-refractivity contribution in [1.29, 1.82) is 0 Å². The minimum absolute atomic E-state index is 0.152. The Morgan fingerprint density at radius 2 is 1.75 bits per heavy atom. The standard InChI is InChI=1S/C30H36O2/c1-3-19(2)20-11-14-23(15-12-20)31-30(27-16-13-21-7-4-5-8-24(21)27)32-29-18-22-17-28(29)26-10-6-9-25(22)26/h4-5,7-8,11-16,19,22,25-30H,3,6,9-10,17-18H2,1-2H3. The van der Waals surface area contributed by atoms with Crippen LogP contribution < -0.4 is 4.74 Å². The quantitative estimate of drug-likeness (QED) is 0.424. The van der Waals surface area contributed by atoms with Crippen molar-refractivity contribution < 1.29 is 9.47 Å². The first kappa shape index (κ1) is 20.5. The van der Waals surface area contributed by atoms with Gasteiger partial charge in [-0.1, -0.05) is 68.8 Å². The summed E-state index contributed by atoms with van der Waals surface area (Å²) in [6, 6.07) is 17.4. The summed E-state index contributed by atoms with van der Waals surface area (Å²) < 4.78 is 13.6. The highest BCUT2D eigenvalue weighted by atomic mass is 16.7. The van der Waals surface area contributed by atoms with E-state index in [-0.39, 0.29) is 12.2 Å². The molecule has 4 aliphatic carbocycles. The molecule has 3 fully saturated rings. The minimum Gasteiger partial charge on any atom is -0.464 e. The lowest BCUT2D eigenvalue weighted by Crippen LogP contribution is -2.37. The Labute approximate surface area is 193 Å². The van der Waals surface area contributed by atoms with Gasteiger partial charge in [-0.15, -0.1) is 0 Å². The highest BCUT2D eigenvalue weighted by molar-refractivity contribution is 5.62. The lowest BCUT2D eigenvalue weighted by molar-refractivity contribution is -0.148. The molecule has 0 aliphatic heterocycles. The number of ether oxygens (including phenoxy) is 2. The van der Waals surface area contributed by atoms with E-state index in [1.165, 1.54) is 48.8 Å². The fraction of sp³-hybridized carbons (Fsp3) is 0.533. The first-order chi connectivity index (χ1) is 15.7. The van der Waals surface area contributed by atoms with E-state index in [1.807, 2.05) is 0 Å². The molecule has 0 amide bonds. The van der Waals surface area contributed by atoms with Gasteiger partial charge in [-0.05, 0) is 90.5 Å². The monoisotopic (exact) mass is 428 g/mol. The van der Waals surface area contributed by atoms with Crippen LogP contribution in [0.5, 0.6) is 5.75 Å². The molecule has 8 unspecified atom stereocenters. The highest BCUT2D eigenvalue weighted by Gasteiger charge is 2.55. The predicted molar refractivity (Wildman–Crippen MR) is 130 cm³/mol. The summed E-state index contributed by atoms with van der Waals surface area (Å²) in [5.74, 6) is 5.17. The smallest absolute Gasteiger partial charge is 0.210 e. The van der Waals surface area contributed by atoms with Crippen LogP contribution in [-0.2, 0) is 4.74 Å². The molecule has 4 aliphatic rings. The van der Waals surface area contributed by atoms with E-state index in [1.54, 1.807) is 0 Å². The molecule has 3 saturated carbocycles. The van der Waals surface area contributed by atoms with Gasteiger partial charge >= 0.3 is 0 Å². The summed E-state index contributed by atoms with van der Waals surface area (Å²) in [6.45, 7) is 4.53. The summed E-state index contributed by atoms with van der Waals surface area (Å²) in [5.41, 5.74) is 4.00. The number of hydrogen-bond donors (Lipinski definition) is 0. The molecule has 2 nitrogen and oxygen atoms in total. The molecule has 2 aromatic rings. The number of benzene rings is 2. The Morgan fingerprint density at radius 1 is 0.938 bits per heavy atom. The lowest BCUT2D eigenvalue weighted by Gasteiger charge is -2.35. The lowest BCUT2D eigenvalue weighted by atomic mass is 9.80. The molecule has 0 aromatic heterocycles. The van der Waals surface area contributed by atoms with Gasteiger partial charge in [0, 0.05) is 0 Å². The molecule has 168 valence electrons. The fourth-order valence-corrected chi connectivity index (χ4v) is 7.28. The molecule has 6 rings (SSSR count). The first-order valence-corrected chi connectivity index (χ1v) is 12.9. The minimum atomic E-state index is -0.270. The predicted octanol–water partition coefficient (Wildman–Crippen LogP) is 7.56. The van der Waals surface area contributed by atoms with Crippen molar-refractivity contribution in [2.24, 2.45) is 23.7 Å². The second-order valence-electron chi connectivity index (χ2n) is 10.7. The Kier molecular flexibility index (Phi) is 5.38. The number of rotatable bonds is 7. The summed E-state index contributed by atoms with van der Waals surface area (Å²) in [6.07, 6.45) is 12.7. The molecule has 0 heterocycles. The van der Waals surface area contributed by atoms with E-state index in [9.17, 15) is 0 Å². The van der Waals surface area contributed by atoms with Crippen LogP contribution in [0.3, 0.4) is 0 Å². The Balaban J connectivity index is 1.24. The maximum Gasteiger partial charge on any atom is 0.210 e. The Hall–Kier alpha value is -2.06. The maximum absolute atomic E-state index is 6.92. The topological polar surface area (TPSA) is 18.5 Å². The van der Waals surface area contributed by atoms with Crippen molar-refractivity contribution in [3.63, 3.8) is 0 Å². The van der Waals surface area contributed by atoms with Gasteiger partial charge in [0.25, 0.3) is 0 Å². The van der Waals surface area contributed by atoms with Crippen LogP contribution >= 0.6 is 0 Å². The van der Waals surface area contributed by atoms with E-state index in [0.29, 0.717) is 12.0 Å². The van der Waals surface area contributed by atoms with Crippen molar-refractivity contribution in [1.82, 2.24) is 0 Å². The van der Waals surface area contributed by atoms with Gasteiger partial charge in [0.15, 0.2) is 0 Å². The molecular weight excluding hydrogens is 392 g/mol. The zero-order valence-corrected chi connectivity index (χ0v) is 19.5. The fourth-order valence-electron chi connectivity index (χ4n) is 7.28. The molecule has 2 aromatic carbocycles. The van der Waals surface area contributed by atoms with Crippen LogP contribution in [0.25, 0.3) is 6.08 Å². The molecule has 8 atom stereocenters. The molecule has 0 spiro atoms. The van der Waals surface area contributed by atoms with E-state index in [4.69, 9.17) is 9.47 Å². The highest BCUT2D eigenvalue weighted by Crippen LogP contribution is 2.59. The molecule has 32 heavy (non-hydrogen) atoms. The van der Waals surface area contributed by atoms with E-state index < -0.39 is 0 Å². The number of hydrogen-bond acceptors (Lipinski definition) is 2. The largest absolute Gasteiger partial charge is 0.464 e. The zero-order valence-electron chi connectivity index (χ0n) is 19.5. The maximum atomic E-state index is 6.92. The van der Waals surface area contributed by atoms with Crippen LogP contribution in [0.4, 0.5) is 0 Å². The van der Waals surface area contributed by atoms with Gasteiger partial charge < -0.3 is 9.47 Å². The summed E-state index contributed by atoms with van der Waals surface area (Å²) in [5, 5.41) is 0. The average molecular weight is 429 g/mol. The second kappa shape index (κ2) is 8.37. The average Bonchev–Trinajstić information content (AvgIpc) is 3.60. The molecule has 0 radical (unpaired) electrons. The molecule has 0 N–H and O–H groups in total. The van der Waals surface area contributed by atoms with Crippen molar-refractivity contribution in [2.75, 3.05) is 0 Å². The number of fused-ring (bicyclic) bond motifs is 6. The van der Waals surface area contributed by atoms with Gasteiger partial charge in [-0.2, -0.15) is 0 Å². The molecule has 2 bridgehead atoms. The third-order valence-corrected chi connectivity index (χ3v) is 9.12. The van der Waals surface area contributed by atoms with Crippen LogP contribution in [0.2, 0.25) is 0 Å². The van der Waals surface area contributed by atoms with Crippen molar-refractivity contribution in [3.8, 4) is 5.75 Å². The normalized spacial score (nSPS) is 33.8.